The van der Waals surface area contributed by atoms with Gasteiger partial charge in [-0.2, -0.15) is 0 Å². The van der Waals surface area contributed by atoms with E-state index in [1.807, 2.05) is 0 Å². The van der Waals surface area contributed by atoms with Crippen LogP contribution >= 0.6 is 11.6 Å². The lowest BCUT2D eigenvalue weighted by Crippen LogP contribution is -2.09. The van der Waals surface area contributed by atoms with Crippen LogP contribution in [0.1, 0.15) is 21.7 Å². The second-order valence-corrected chi connectivity index (χ2v) is 2.87. The first-order valence-electron chi connectivity index (χ1n) is 3.65. The van der Waals surface area contributed by atoms with Gasteiger partial charge in [-0.05, 0) is 25.4 Å². The average Bonchev–Trinajstić information content (AvgIpc) is 2.02. The Labute approximate surface area is 80.9 Å². The topological polar surface area (TPSA) is 52.1 Å². The van der Waals surface area contributed by atoms with E-state index in [1.54, 1.807) is 13.8 Å². The molecule has 13 heavy (non-hydrogen) atoms. The summed E-state index contributed by atoms with van der Waals surface area (Å²) in [4.78, 5) is 18.9. The number of esters is 1. The first-order chi connectivity index (χ1) is 6.06. The molecule has 0 amide bonds. The van der Waals surface area contributed by atoms with Crippen molar-refractivity contribution in [1.82, 2.24) is 9.97 Å². The molecule has 0 bridgehead atoms. The van der Waals surface area contributed by atoms with Gasteiger partial charge in [0.1, 0.15) is 5.56 Å². The van der Waals surface area contributed by atoms with E-state index in [-0.39, 0.29) is 5.28 Å². The van der Waals surface area contributed by atoms with Crippen LogP contribution in [0.5, 0.6) is 0 Å². The van der Waals surface area contributed by atoms with Gasteiger partial charge in [-0.15, -0.1) is 0 Å². The maximum atomic E-state index is 11.2. The highest BCUT2D eigenvalue weighted by molar-refractivity contribution is 6.28. The van der Waals surface area contributed by atoms with E-state index in [1.165, 1.54) is 7.11 Å². The Bertz CT molecular complexity index is 329. The number of hydrogen-bond donors (Lipinski definition) is 0. The van der Waals surface area contributed by atoms with Gasteiger partial charge in [0.15, 0.2) is 0 Å². The molecule has 5 heteroatoms. The Kier molecular flexibility index (Phi) is 2.83. The summed E-state index contributed by atoms with van der Waals surface area (Å²) in [5.74, 6) is -0.438. The number of ether oxygens (including phenoxy) is 1. The standard InChI is InChI=1S/C8H9ClN2O2/c1-4-6(7(12)13-3)5(2)11-8(9)10-4/h1-3H3. The number of aryl methyl sites for hydroxylation is 2. The Balaban J connectivity index is 3.28. The van der Waals surface area contributed by atoms with E-state index in [0.717, 1.165) is 0 Å². The van der Waals surface area contributed by atoms with Gasteiger partial charge in [-0.3, -0.25) is 0 Å². The quantitative estimate of drug-likeness (QED) is 0.510. The van der Waals surface area contributed by atoms with Crippen molar-refractivity contribution in [1.29, 1.82) is 0 Å². The van der Waals surface area contributed by atoms with Crippen LogP contribution in [0, 0.1) is 13.8 Å². The van der Waals surface area contributed by atoms with Crippen LogP contribution in [0.4, 0.5) is 0 Å². The van der Waals surface area contributed by atoms with Crippen LogP contribution in [0.15, 0.2) is 0 Å². The lowest BCUT2D eigenvalue weighted by Gasteiger charge is -2.05. The molecule has 0 aliphatic carbocycles. The van der Waals surface area contributed by atoms with Gasteiger partial charge in [0, 0.05) is 0 Å². The lowest BCUT2D eigenvalue weighted by atomic mass is 10.2. The highest BCUT2D eigenvalue weighted by Gasteiger charge is 2.15. The van der Waals surface area contributed by atoms with Crippen LogP contribution < -0.4 is 0 Å². The van der Waals surface area contributed by atoms with Crippen molar-refractivity contribution in [2.45, 2.75) is 13.8 Å². The summed E-state index contributed by atoms with van der Waals surface area (Å²) < 4.78 is 4.58. The fraction of sp³-hybridized carbons (Fsp3) is 0.375. The summed E-state index contributed by atoms with van der Waals surface area (Å²) in [7, 11) is 1.32. The predicted molar refractivity (Wildman–Crippen MR) is 47.9 cm³/mol. The Morgan fingerprint density at radius 1 is 1.31 bits per heavy atom. The maximum Gasteiger partial charge on any atom is 0.341 e. The van der Waals surface area contributed by atoms with E-state index < -0.39 is 5.97 Å². The van der Waals surface area contributed by atoms with Gasteiger partial charge in [0.25, 0.3) is 0 Å². The molecule has 1 aromatic heterocycles. The lowest BCUT2D eigenvalue weighted by molar-refractivity contribution is 0.0598. The minimum atomic E-state index is -0.438. The number of rotatable bonds is 1. The number of methoxy groups -OCH3 is 1. The molecule has 0 saturated heterocycles. The Morgan fingerprint density at radius 3 is 2.15 bits per heavy atom. The minimum absolute atomic E-state index is 0.141. The largest absolute Gasteiger partial charge is 0.465 e. The third-order valence-corrected chi connectivity index (χ3v) is 1.80. The summed E-state index contributed by atoms with van der Waals surface area (Å²) in [5.41, 5.74) is 1.45. The van der Waals surface area contributed by atoms with Crippen LogP contribution in [0.25, 0.3) is 0 Å². The molecule has 0 spiro atoms. The van der Waals surface area contributed by atoms with Gasteiger partial charge in [0.2, 0.25) is 5.28 Å². The molecule has 4 nitrogen and oxygen atoms in total. The van der Waals surface area contributed by atoms with Gasteiger partial charge in [0.05, 0.1) is 18.5 Å². The number of hydrogen-bond acceptors (Lipinski definition) is 4. The highest BCUT2D eigenvalue weighted by atomic mass is 35.5. The van der Waals surface area contributed by atoms with E-state index >= 15 is 0 Å². The van der Waals surface area contributed by atoms with Crippen LogP contribution in [-0.4, -0.2) is 23.0 Å². The fourth-order valence-electron chi connectivity index (χ4n) is 1.07. The predicted octanol–water partition coefficient (Wildman–Crippen LogP) is 1.53. The summed E-state index contributed by atoms with van der Waals surface area (Å²) in [6, 6.07) is 0. The molecule has 0 N–H and O–H groups in total. The zero-order chi connectivity index (χ0) is 10.0. The molecule has 70 valence electrons. The number of nitrogens with zero attached hydrogens (tertiary/aromatic N) is 2. The third kappa shape index (κ3) is 1.95. The molecular formula is C8H9ClN2O2. The highest BCUT2D eigenvalue weighted by Crippen LogP contribution is 2.13. The molecule has 0 unspecified atom stereocenters. The molecule has 0 aromatic carbocycles. The molecule has 0 radical (unpaired) electrons. The van der Waals surface area contributed by atoms with Crippen molar-refractivity contribution < 1.29 is 9.53 Å². The second-order valence-electron chi connectivity index (χ2n) is 2.53. The normalized spacial score (nSPS) is 9.85. The maximum absolute atomic E-state index is 11.2. The van der Waals surface area contributed by atoms with Crippen LogP contribution in [-0.2, 0) is 4.74 Å². The monoisotopic (exact) mass is 200 g/mol. The molecule has 0 fully saturated rings. The molecule has 0 saturated carbocycles. The van der Waals surface area contributed by atoms with E-state index in [9.17, 15) is 4.79 Å². The zero-order valence-electron chi connectivity index (χ0n) is 7.59. The number of carbonyl (C=O) groups excluding carboxylic acids is 1. The number of aromatic nitrogens is 2. The SMILES string of the molecule is COC(=O)c1c(C)nc(Cl)nc1C. The van der Waals surface area contributed by atoms with Gasteiger partial charge >= 0.3 is 5.97 Å². The van der Waals surface area contributed by atoms with Crippen molar-refractivity contribution in [3.8, 4) is 0 Å². The van der Waals surface area contributed by atoms with E-state index in [2.05, 4.69) is 14.7 Å². The first kappa shape index (κ1) is 9.92. The van der Waals surface area contributed by atoms with E-state index in [0.29, 0.717) is 17.0 Å². The molecule has 0 atom stereocenters. The van der Waals surface area contributed by atoms with E-state index in [4.69, 9.17) is 11.6 Å². The van der Waals surface area contributed by atoms with Crippen LogP contribution in [0.3, 0.4) is 0 Å². The Hall–Kier alpha value is -1.16. The number of halogens is 1. The van der Waals surface area contributed by atoms with Gasteiger partial charge < -0.3 is 4.74 Å². The second kappa shape index (κ2) is 3.70. The van der Waals surface area contributed by atoms with Gasteiger partial charge in [-0.25, -0.2) is 14.8 Å². The smallest absolute Gasteiger partial charge is 0.341 e. The summed E-state index contributed by atoms with van der Waals surface area (Å²) in [6.07, 6.45) is 0. The zero-order valence-corrected chi connectivity index (χ0v) is 8.34. The molecule has 0 aliphatic rings. The van der Waals surface area contributed by atoms with Crippen molar-refractivity contribution in [2.75, 3.05) is 7.11 Å². The van der Waals surface area contributed by atoms with Crippen molar-refractivity contribution in [3.63, 3.8) is 0 Å². The molecule has 1 aromatic rings. The van der Waals surface area contributed by atoms with Gasteiger partial charge in [-0.1, -0.05) is 0 Å². The minimum Gasteiger partial charge on any atom is -0.465 e. The molecule has 1 rings (SSSR count). The molecular weight excluding hydrogens is 192 g/mol. The van der Waals surface area contributed by atoms with Crippen LogP contribution in [0.2, 0.25) is 5.28 Å². The number of carbonyl (C=O) groups is 1. The fourth-order valence-corrected chi connectivity index (χ4v) is 1.33. The third-order valence-electron chi connectivity index (χ3n) is 1.63. The van der Waals surface area contributed by atoms with Crippen molar-refractivity contribution in [2.24, 2.45) is 0 Å². The summed E-state index contributed by atoms with van der Waals surface area (Å²) in [5, 5.41) is 0.141. The Morgan fingerprint density at radius 2 is 1.77 bits per heavy atom. The molecule has 0 aliphatic heterocycles. The first-order valence-corrected chi connectivity index (χ1v) is 4.03. The van der Waals surface area contributed by atoms with Crippen molar-refractivity contribution in [3.05, 3.63) is 22.2 Å². The average molecular weight is 201 g/mol. The summed E-state index contributed by atoms with van der Waals surface area (Å²) >= 11 is 5.60. The van der Waals surface area contributed by atoms with Crippen molar-refractivity contribution >= 4 is 17.6 Å². The summed E-state index contributed by atoms with van der Waals surface area (Å²) in [6.45, 7) is 3.37. The molecule has 1 heterocycles.